The summed E-state index contributed by atoms with van der Waals surface area (Å²) in [6.07, 6.45) is 10.8. The van der Waals surface area contributed by atoms with E-state index < -0.39 is 0 Å². The number of rotatable bonds is 10. The third kappa shape index (κ3) is 10.0. The van der Waals surface area contributed by atoms with E-state index in [9.17, 15) is 9.59 Å². The predicted molar refractivity (Wildman–Crippen MR) is 90.6 cm³/mol. The lowest BCUT2D eigenvalue weighted by Crippen LogP contribution is -2.22. The van der Waals surface area contributed by atoms with Crippen molar-refractivity contribution in [1.29, 1.82) is 0 Å². The molecule has 0 fully saturated rings. The summed E-state index contributed by atoms with van der Waals surface area (Å²) < 4.78 is 0. The van der Waals surface area contributed by atoms with Crippen LogP contribution in [0.4, 0.5) is 0 Å². The number of hydroxylamine groups is 1. The number of carbonyl (C=O) groups excluding carboxylic acids is 2. The van der Waals surface area contributed by atoms with Gasteiger partial charge in [0.1, 0.15) is 0 Å². The maximum atomic E-state index is 11.6. The monoisotopic (exact) mass is 316 g/mol. The molecule has 1 rings (SSSR count). The van der Waals surface area contributed by atoms with Crippen molar-refractivity contribution in [3.8, 4) is 0 Å². The topological polar surface area (TPSA) is 78.4 Å². The quantitative estimate of drug-likeness (QED) is 0.204. The average Bonchev–Trinajstić information content (AvgIpc) is 2.58. The minimum atomic E-state index is -0.355. The third-order valence-corrected chi connectivity index (χ3v) is 3.20. The van der Waals surface area contributed by atoms with Gasteiger partial charge in [0.2, 0.25) is 11.8 Å². The Morgan fingerprint density at radius 2 is 1.74 bits per heavy atom. The summed E-state index contributed by atoms with van der Waals surface area (Å²) in [5.41, 5.74) is 2.70. The molecule has 0 atom stereocenters. The van der Waals surface area contributed by atoms with E-state index in [-0.39, 0.29) is 11.8 Å². The molecule has 0 aliphatic heterocycles. The smallest absolute Gasteiger partial charge is 0.243 e. The van der Waals surface area contributed by atoms with E-state index in [1.54, 1.807) is 11.6 Å². The Labute approximate surface area is 137 Å². The minimum absolute atomic E-state index is 0.109. The van der Waals surface area contributed by atoms with Crippen molar-refractivity contribution in [3.05, 3.63) is 54.1 Å². The normalized spacial score (nSPS) is 11.0. The lowest BCUT2D eigenvalue weighted by molar-refractivity contribution is -0.129. The molecule has 0 aliphatic carbocycles. The van der Waals surface area contributed by atoms with Gasteiger partial charge in [-0.15, -0.1) is 0 Å². The Kier molecular flexibility index (Phi) is 9.87. The summed E-state index contributed by atoms with van der Waals surface area (Å²) in [6, 6.07) is 9.88. The molecule has 0 unspecified atom stereocenters. The fourth-order valence-corrected chi connectivity index (χ4v) is 1.96. The third-order valence-electron chi connectivity index (χ3n) is 3.20. The first-order valence-corrected chi connectivity index (χ1v) is 7.83. The van der Waals surface area contributed by atoms with Crippen molar-refractivity contribution in [2.45, 2.75) is 32.1 Å². The van der Waals surface area contributed by atoms with Crippen LogP contribution in [0.15, 0.2) is 48.6 Å². The van der Waals surface area contributed by atoms with Gasteiger partial charge in [-0.1, -0.05) is 61.4 Å². The molecule has 23 heavy (non-hydrogen) atoms. The fourth-order valence-electron chi connectivity index (χ4n) is 1.96. The van der Waals surface area contributed by atoms with Crippen LogP contribution in [0.25, 0.3) is 6.08 Å². The lowest BCUT2D eigenvalue weighted by atomic mass is 10.1. The zero-order valence-electron chi connectivity index (χ0n) is 13.2. The molecule has 3 N–H and O–H groups in total. The second kappa shape index (κ2) is 12.2. The number of carbonyl (C=O) groups is 2. The van der Waals surface area contributed by atoms with E-state index in [2.05, 4.69) is 5.32 Å². The van der Waals surface area contributed by atoms with E-state index in [0.717, 1.165) is 31.2 Å². The van der Waals surface area contributed by atoms with E-state index in [0.29, 0.717) is 13.0 Å². The Bertz CT molecular complexity index is 524. The number of amides is 2. The highest BCUT2D eigenvalue weighted by Crippen LogP contribution is 2.02. The van der Waals surface area contributed by atoms with Gasteiger partial charge in [-0.2, -0.15) is 0 Å². The Morgan fingerprint density at radius 1 is 1.00 bits per heavy atom. The maximum absolute atomic E-state index is 11.6. The van der Waals surface area contributed by atoms with Crippen LogP contribution < -0.4 is 10.8 Å². The van der Waals surface area contributed by atoms with Gasteiger partial charge in [-0.25, -0.2) is 5.48 Å². The number of unbranched alkanes of at least 4 members (excludes halogenated alkanes) is 3. The molecular formula is C18H24N2O3. The van der Waals surface area contributed by atoms with Gasteiger partial charge in [0.15, 0.2) is 0 Å². The SMILES string of the molecule is O=C(C=CC=Cc1ccccc1)NCCCCCCC(=O)NO. The van der Waals surface area contributed by atoms with Gasteiger partial charge in [0.25, 0.3) is 0 Å². The zero-order chi connectivity index (χ0) is 16.8. The van der Waals surface area contributed by atoms with E-state index in [1.807, 2.05) is 42.5 Å². The van der Waals surface area contributed by atoms with Crippen molar-refractivity contribution in [2.24, 2.45) is 0 Å². The van der Waals surface area contributed by atoms with Crippen LogP contribution in [0, 0.1) is 0 Å². The summed E-state index contributed by atoms with van der Waals surface area (Å²) in [5.74, 6) is -0.464. The lowest BCUT2D eigenvalue weighted by Gasteiger charge is -2.02. The first-order valence-electron chi connectivity index (χ1n) is 7.83. The molecular weight excluding hydrogens is 292 g/mol. The van der Waals surface area contributed by atoms with Crippen molar-refractivity contribution < 1.29 is 14.8 Å². The molecule has 0 aromatic heterocycles. The molecule has 1 aromatic rings. The maximum Gasteiger partial charge on any atom is 0.243 e. The van der Waals surface area contributed by atoms with Crippen molar-refractivity contribution >= 4 is 17.9 Å². The second-order valence-corrected chi connectivity index (χ2v) is 5.12. The molecule has 0 saturated carbocycles. The molecule has 0 heterocycles. The minimum Gasteiger partial charge on any atom is -0.353 e. The Hall–Kier alpha value is -2.40. The van der Waals surface area contributed by atoms with E-state index in [4.69, 9.17) is 5.21 Å². The van der Waals surface area contributed by atoms with Crippen LogP contribution in [0.5, 0.6) is 0 Å². The van der Waals surface area contributed by atoms with Crippen LogP contribution in [0.3, 0.4) is 0 Å². The van der Waals surface area contributed by atoms with Gasteiger partial charge in [0.05, 0.1) is 0 Å². The molecule has 0 spiro atoms. The molecule has 0 aliphatic rings. The van der Waals surface area contributed by atoms with Gasteiger partial charge in [-0.05, 0) is 18.4 Å². The molecule has 2 amide bonds. The van der Waals surface area contributed by atoms with Gasteiger partial charge >= 0.3 is 0 Å². The Balaban J connectivity index is 2.05. The summed E-state index contributed by atoms with van der Waals surface area (Å²) >= 11 is 0. The largest absolute Gasteiger partial charge is 0.353 e. The first-order chi connectivity index (χ1) is 11.2. The fraction of sp³-hybridized carbons (Fsp3) is 0.333. The molecule has 0 bridgehead atoms. The molecule has 124 valence electrons. The van der Waals surface area contributed by atoms with Crippen LogP contribution >= 0.6 is 0 Å². The summed E-state index contributed by atoms with van der Waals surface area (Å²) in [4.78, 5) is 22.3. The molecule has 0 radical (unpaired) electrons. The number of allylic oxidation sites excluding steroid dienone is 2. The van der Waals surface area contributed by atoms with Crippen molar-refractivity contribution in [1.82, 2.24) is 10.8 Å². The van der Waals surface area contributed by atoms with Crippen LogP contribution in [-0.2, 0) is 9.59 Å². The highest BCUT2D eigenvalue weighted by Gasteiger charge is 1.98. The van der Waals surface area contributed by atoms with Gasteiger partial charge < -0.3 is 5.32 Å². The highest BCUT2D eigenvalue weighted by molar-refractivity contribution is 5.87. The van der Waals surface area contributed by atoms with Gasteiger partial charge in [0, 0.05) is 19.0 Å². The Morgan fingerprint density at radius 3 is 2.48 bits per heavy atom. The van der Waals surface area contributed by atoms with Gasteiger partial charge in [-0.3, -0.25) is 14.8 Å². The van der Waals surface area contributed by atoms with Crippen LogP contribution in [-0.4, -0.2) is 23.6 Å². The molecule has 1 aromatic carbocycles. The van der Waals surface area contributed by atoms with Crippen LogP contribution in [0.2, 0.25) is 0 Å². The zero-order valence-corrected chi connectivity index (χ0v) is 13.2. The van der Waals surface area contributed by atoms with Crippen molar-refractivity contribution in [3.63, 3.8) is 0 Å². The number of hydrogen-bond donors (Lipinski definition) is 3. The molecule has 5 heteroatoms. The number of benzene rings is 1. The summed E-state index contributed by atoms with van der Waals surface area (Å²) in [7, 11) is 0. The standard InChI is InChI=1S/C18H24N2O3/c21-17(13-8-7-12-16-10-4-3-5-11-16)19-15-9-2-1-6-14-18(22)20-23/h3-5,7-8,10-13,23H,1-2,6,9,14-15H2,(H,19,21)(H,20,22). The van der Waals surface area contributed by atoms with Crippen molar-refractivity contribution in [2.75, 3.05) is 6.54 Å². The first kappa shape index (κ1) is 18.6. The second-order valence-electron chi connectivity index (χ2n) is 5.12. The molecule has 0 saturated heterocycles. The highest BCUT2D eigenvalue weighted by atomic mass is 16.5. The summed E-state index contributed by atoms with van der Waals surface area (Å²) in [5, 5.41) is 11.1. The number of nitrogens with one attached hydrogen (secondary N) is 2. The van der Waals surface area contributed by atoms with Crippen LogP contribution in [0.1, 0.15) is 37.7 Å². The average molecular weight is 316 g/mol. The predicted octanol–water partition coefficient (Wildman–Crippen LogP) is 2.83. The summed E-state index contributed by atoms with van der Waals surface area (Å²) in [6.45, 7) is 0.623. The van der Waals surface area contributed by atoms with E-state index in [1.165, 1.54) is 6.08 Å². The van der Waals surface area contributed by atoms with E-state index >= 15 is 0 Å². The molecule has 5 nitrogen and oxygen atoms in total. The number of hydrogen-bond acceptors (Lipinski definition) is 3.